The summed E-state index contributed by atoms with van der Waals surface area (Å²) in [6.45, 7) is 0.323. The molecule has 0 spiro atoms. The summed E-state index contributed by atoms with van der Waals surface area (Å²) >= 11 is 7.41. The molecule has 0 N–H and O–H groups in total. The third-order valence-corrected chi connectivity index (χ3v) is 8.79. The van der Waals surface area contributed by atoms with E-state index in [0.717, 1.165) is 23.5 Å². The number of fused-ring (bicyclic) bond motifs is 1. The molecule has 2 aromatic carbocycles. The fraction of sp³-hybridized carbons (Fsp3) is 0.211. The SMILES string of the molecule is O=C(c1sc2cc([N+](=O)[O-])ccc2c1Cl)N1CCN(S(=O)(=O)c2ccc([N+](=O)[O-])cc2)CC1. The lowest BCUT2D eigenvalue weighted by Gasteiger charge is -2.33. The molecule has 1 amide bonds. The minimum Gasteiger partial charge on any atom is -0.335 e. The van der Waals surface area contributed by atoms with Crippen LogP contribution in [-0.2, 0) is 10.0 Å². The molecule has 1 aromatic heterocycles. The molecule has 1 aliphatic rings. The first kappa shape index (κ1) is 23.0. The van der Waals surface area contributed by atoms with E-state index in [4.69, 9.17) is 11.6 Å². The van der Waals surface area contributed by atoms with Crippen LogP contribution in [0.1, 0.15) is 9.67 Å². The molecule has 0 bridgehead atoms. The second-order valence-electron chi connectivity index (χ2n) is 7.13. The minimum atomic E-state index is -3.87. The first-order valence-corrected chi connectivity index (χ1v) is 12.1. The quantitative estimate of drug-likeness (QED) is 0.377. The Morgan fingerprint density at radius 3 is 2.09 bits per heavy atom. The standard InChI is InChI=1S/C19H15ClN4O7S2/c20-17-15-6-3-13(24(28)29)11-16(15)32-18(17)19(25)21-7-9-22(10-8-21)33(30,31)14-4-1-12(2-5-14)23(26)27/h1-6,11H,7-10H2. The predicted molar refractivity (Wildman–Crippen MR) is 121 cm³/mol. The van der Waals surface area contributed by atoms with Crippen LogP contribution < -0.4 is 0 Å². The van der Waals surface area contributed by atoms with Gasteiger partial charge in [0.25, 0.3) is 17.3 Å². The van der Waals surface area contributed by atoms with E-state index in [1.54, 1.807) is 0 Å². The Bertz CT molecular complexity index is 1380. The van der Waals surface area contributed by atoms with Gasteiger partial charge in [0.2, 0.25) is 10.0 Å². The largest absolute Gasteiger partial charge is 0.335 e. The molecule has 2 heterocycles. The molecule has 0 radical (unpaired) electrons. The van der Waals surface area contributed by atoms with Gasteiger partial charge < -0.3 is 4.90 Å². The number of hydrogen-bond donors (Lipinski definition) is 0. The minimum absolute atomic E-state index is 0.0407. The lowest BCUT2D eigenvalue weighted by atomic mass is 10.2. The average Bonchev–Trinajstić information content (AvgIpc) is 3.14. The van der Waals surface area contributed by atoms with Crippen LogP contribution in [0.3, 0.4) is 0 Å². The van der Waals surface area contributed by atoms with Crippen molar-refractivity contribution in [2.45, 2.75) is 4.90 Å². The van der Waals surface area contributed by atoms with Crippen molar-refractivity contribution in [2.75, 3.05) is 26.2 Å². The topological polar surface area (TPSA) is 144 Å². The molecule has 4 rings (SSSR count). The van der Waals surface area contributed by atoms with Crippen molar-refractivity contribution in [2.24, 2.45) is 0 Å². The monoisotopic (exact) mass is 510 g/mol. The zero-order chi connectivity index (χ0) is 23.9. The highest BCUT2D eigenvalue weighted by Gasteiger charge is 2.32. The Kier molecular flexibility index (Phi) is 6.05. The highest BCUT2D eigenvalue weighted by Crippen LogP contribution is 2.38. The molecule has 11 nitrogen and oxygen atoms in total. The first-order valence-electron chi connectivity index (χ1n) is 9.50. The Morgan fingerprint density at radius 1 is 0.939 bits per heavy atom. The van der Waals surface area contributed by atoms with Crippen molar-refractivity contribution in [3.63, 3.8) is 0 Å². The molecule has 1 saturated heterocycles. The van der Waals surface area contributed by atoms with Gasteiger partial charge in [-0.3, -0.25) is 25.0 Å². The van der Waals surface area contributed by atoms with Crippen LogP contribution in [0.15, 0.2) is 47.4 Å². The van der Waals surface area contributed by atoms with Gasteiger partial charge in [-0.25, -0.2) is 8.42 Å². The van der Waals surface area contributed by atoms with Crippen molar-refractivity contribution in [3.8, 4) is 0 Å². The number of nitro groups is 2. The number of carbonyl (C=O) groups is 1. The van der Waals surface area contributed by atoms with Crippen LogP contribution in [0.2, 0.25) is 5.02 Å². The van der Waals surface area contributed by atoms with Crippen molar-refractivity contribution < 1.29 is 23.1 Å². The molecule has 0 aliphatic carbocycles. The highest BCUT2D eigenvalue weighted by molar-refractivity contribution is 7.89. The van der Waals surface area contributed by atoms with E-state index in [9.17, 15) is 33.4 Å². The fourth-order valence-corrected chi connectivity index (χ4v) is 6.40. The molecule has 0 saturated carbocycles. The Hall–Kier alpha value is -3.13. The van der Waals surface area contributed by atoms with E-state index < -0.39 is 19.9 Å². The molecule has 33 heavy (non-hydrogen) atoms. The second-order valence-corrected chi connectivity index (χ2v) is 10.5. The number of benzene rings is 2. The summed E-state index contributed by atoms with van der Waals surface area (Å²) in [5.41, 5.74) is -0.320. The average molecular weight is 511 g/mol. The number of carbonyl (C=O) groups excluding carboxylic acids is 1. The summed E-state index contributed by atoms with van der Waals surface area (Å²) in [7, 11) is -3.87. The molecular weight excluding hydrogens is 496 g/mol. The van der Waals surface area contributed by atoms with Crippen LogP contribution in [-0.4, -0.2) is 59.6 Å². The molecular formula is C19H15ClN4O7S2. The number of piperazine rings is 1. The predicted octanol–water partition coefficient (Wildman–Crippen LogP) is 3.52. The van der Waals surface area contributed by atoms with Gasteiger partial charge in [-0.1, -0.05) is 11.6 Å². The van der Waals surface area contributed by atoms with Crippen LogP contribution in [0, 0.1) is 20.2 Å². The number of amides is 1. The molecule has 0 atom stereocenters. The summed E-state index contributed by atoms with van der Waals surface area (Å²) in [6, 6.07) is 8.79. The number of nitro benzene ring substituents is 2. The maximum atomic E-state index is 13.0. The second kappa shape index (κ2) is 8.67. The van der Waals surface area contributed by atoms with Gasteiger partial charge in [-0.15, -0.1) is 11.3 Å². The number of halogens is 1. The number of hydrogen-bond acceptors (Lipinski definition) is 8. The normalized spacial score (nSPS) is 15.0. The number of rotatable bonds is 5. The van der Waals surface area contributed by atoms with Gasteiger partial charge in [0.1, 0.15) is 4.88 Å². The summed E-state index contributed by atoms with van der Waals surface area (Å²) < 4.78 is 27.4. The van der Waals surface area contributed by atoms with Crippen molar-refractivity contribution in [1.82, 2.24) is 9.21 Å². The van der Waals surface area contributed by atoms with Gasteiger partial charge in [-0.2, -0.15) is 4.31 Å². The van der Waals surface area contributed by atoms with E-state index in [0.29, 0.717) is 10.1 Å². The first-order chi connectivity index (χ1) is 15.6. The van der Waals surface area contributed by atoms with E-state index in [2.05, 4.69) is 0 Å². The summed E-state index contributed by atoms with van der Waals surface area (Å²) in [5.74, 6) is -0.378. The van der Waals surface area contributed by atoms with Gasteiger partial charge in [0.15, 0.2) is 0 Å². The van der Waals surface area contributed by atoms with Crippen LogP contribution in [0.5, 0.6) is 0 Å². The molecule has 1 aliphatic heterocycles. The van der Waals surface area contributed by atoms with Crippen LogP contribution in [0.25, 0.3) is 10.1 Å². The lowest BCUT2D eigenvalue weighted by Crippen LogP contribution is -2.50. The lowest BCUT2D eigenvalue weighted by molar-refractivity contribution is -0.385. The van der Waals surface area contributed by atoms with E-state index in [1.807, 2.05) is 0 Å². The Balaban J connectivity index is 1.49. The summed E-state index contributed by atoms with van der Waals surface area (Å²) in [6.07, 6.45) is 0. The van der Waals surface area contributed by atoms with Crippen LogP contribution in [0.4, 0.5) is 11.4 Å². The maximum absolute atomic E-state index is 13.0. The number of nitrogens with zero attached hydrogens (tertiary/aromatic N) is 4. The number of thiophene rings is 1. The van der Waals surface area contributed by atoms with E-state index in [-0.39, 0.29) is 58.3 Å². The fourth-order valence-electron chi connectivity index (χ4n) is 3.47. The zero-order valence-electron chi connectivity index (χ0n) is 16.7. The van der Waals surface area contributed by atoms with Gasteiger partial charge in [-0.05, 0) is 18.2 Å². The van der Waals surface area contributed by atoms with Crippen molar-refractivity contribution in [1.29, 1.82) is 0 Å². The third-order valence-electron chi connectivity index (χ3n) is 5.23. The van der Waals surface area contributed by atoms with E-state index in [1.165, 1.54) is 39.5 Å². The summed E-state index contributed by atoms with van der Waals surface area (Å²) in [5, 5.41) is 22.5. The highest BCUT2D eigenvalue weighted by atomic mass is 35.5. The van der Waals surface area contributed by atoms with Crippen LogP contribution >= 0.6 is 22.9 Å². The smallest absolute Gasteiger partial charge is 0.270 e. The molecule has 1 fully saturated rings. The number of sulfonamides is 1. The van der Waals surface area contributed by atoms with Gasteiger partial charge in [0.05, 0.1) is 19.8 Å². The Morgan fingerprint density at radius 2 is 1.52 bits per heavy atom. The third kappa shape index (κ3) is 4.27. The maximum Gasteiger partial charge on any atom is 0.270 e. The van der Waals surface area contributed by atoms with E-state index >= 15 is 0 Å². The molecule has 14 heteroatoms. The van der Waals surface area contributed by atoms with Gasteiger partial charge in [0, 0.05) is 60.5 Å². The summed E-state index contributed by atoms with van der Waals surface area (Å²) in [4.78, 5) is 35.3. The van der Waals surface area contributed by atoms with Crippen molar-refractivity contribution in [3.05, 3.63) is 72.6 Å². The molecule has 172 valence electrons. The molecule has 3 aromatic rings. The van der Waals surface area contributed by atoms with Gasteiger partial charge >= 0.3 is 0 Å². The number of non-ortho nitro benzene ring substituents is 2. The molecule has 0 unspecified atom stereocenters. The zero-order valence-corrected chi connectivity index (χ0v) is 19.1. The Labute approximate surface area is 196 Å². The van der Waals surface area contributed by atoms with Crippen molar-refractivity contribution >= 4 is 60.3 Å².